The van der Waals surface area contributed by atoms with Gasteiger partial charge in [0.05, 0.1) is 0 Å². The van der Waals surface area contributed by atoms with Crippen molar-refractivity contribution in [3.63, 3.8) is 0 Å². The quantitative estimate of drug-likeness (QED) is 0.812. The van der Waals surface area contributed by atoms with E-state index in [4.69, 9.17) is 18.6 Å². The minimum atomic E-state index is -0.750. The molecule has 0 saturated heterocycles. The highest BCUT2D eigenvalue weighted by atomic mass is 32.1. The number of aromatic hydroxyl groups is 2. The number of phenols is 2. The normalized spacial score (nSPS) is 8.94. The molecule has 0 aliphatic heterocycles. The highest BCUT2D eigenvalue weighted by molar-refractivity contribution is 7.51. The molecular weight excluding hydrogens is 240 g/mol. The maximum absolute atomic E-state index is 9.11. The first-order valence-corrected chi connectivity index (χ1v) is 5.34. The van der Waals surface area contributed by atoms with E-state index in [1.165, 1.54) is 0 Å². The van der Waals surface area contributed by atoms with Crippen LogP contribution in [0.2, 0.25) is 0 Å². The molecular formula is C12H10O4S. The maximum atomic E-state index is 9.11. The fourth-order valence-corrected chi connectivity index (χ4v) is 1.31. The highest BCUT2D eigenvalue weighted by Crippen LogP contribution is 2.23. The maximum Gasteiger partial charge on any atom is 0.335 e. The van der Waals surface area contributed by atoms with Crippen LogP contribution in [-0.4, -0.2) is 18.6 Å². The van der Waals surface area contributed by atoms with Crippen LogP contribution in [0.3, 0.4) is 0 Å². The lowest BCUT2D eigenvalue weighted by atomic mass is 10.1. The third kappa shape index (κ3) is 4.08. The molecule has 5 heteroatoms. The van der Waals surface area contributed by atoms with E-state index in [0.29, 0.717) is 0 Å². The van der Waals surface area contributed by atoms with E-state index < -0.39 is 11.6 Å². The monoisotopic (exact) mass is 250 g/mol. The van der Waals surface area contributed by atoms with Gasteiger partial charge in [-0.1, -0.05) is 24.3 Å². The summed E-state index contributed by atoms with van der Waals surface area (Å²) in [6.45, 7) is 0. The van der Waals surface area contributed by atoms with Crippen LogP contribution >= 0.6 is 0 Å². The molecule has 0 unspecified atom stereocenters. The summed E-state index contributed by atoms with van der Waals surface area (Å²) < 4.78 is 16.6. The summed E-state index contributed by atoms with van der Waals surface area (Å²) >= 11 is -0.750. The van der Waals surface area contributed by atoms with Gasteiger partial charge in [-0.25, -0.2) is 0 Å². The molecule has 0 aromatic heterocycles. The second kappa shape index (κ2) is 6.44. The first-order valence-electron chi connectivity index (χ1n) is 4.67. The number of phenolic OH excluding ortho intramolecular Hbond substituents is 2. The number of hydrogen-bond acceptors (Lipinski definition) is 4. The average molecular weight is 250 g/mol. The van der Waals surface area contributed by atoms with Gasteiger partial charge in [0.2, 0.25) is 0 Å². The largest absolute Gasteiger partial charge is 0.508 e. The number of hydrogen-bond donors (Lipinski definition) is 2. The van der Waals surface area contributed by atoms with Gasteiger partial charge >= 0.3 is 11.6 Å². The van der Waals surface area contributed by atoms with E-state index in [1.807, 2.05) is 24.3 Å². The Labute approximate surface area is 102 Å². The molecule has 0 fully saturated rings. The van der Waals surface area contributed by atoms with Crippen LogP contribution in [-0.2, 0) is 11.6 Å². The minimum Gasteiger partial charge on any atom is -0.508 e. The summed E-state index contributed by atoms with van der Waals surface area (Å²) in [4.78, 5) is 0. The average Bonchev–Trinajstić information content (AvgIpc) is 2.32. The zero-order valence-electron chi connectivity index (χ0n) is 8.74. The Kier molecular flexibility index (Phi) is 4.90. The standard InChI is InChI=1S/C12H10O2.O2S/c13-11-5-1-9(2-6-11)10-3-7-12(14)8-4-10;1-3-2/h1-8,13-14H;. The predicted octanol–water partition coefficient (Wildman–Crippen LogP) is 2.09. The molecule has 0 atom stereocenters. The van der Waals surface area contributed by atoms with Gasteiger partial charge in [0.25, 0.3) is 0 Å². The molecule has 0 amide bonds. The highest BCUT2D eigenvalue weighted by Gasteiger charge is 1.96. The Morgan fingerprint density at radius 1 is 0.647 bits per heavy atom. The van der Waals surface area contributed by atoms with Crippen LogP contribution in [0.25, 0.3) is 11.1 Å². The molecule has 4 nitrogen and oxygen atoms in total. The molecule has 2 aromatic carbocycles. The smallest absolute Gasteiger partial charge is 0.335 e. The van der Waals surface area contributed by atoms with Gasteiger partial charge in [-0.3, -0.25) is 0 Å². The first kappa shape index (κ1) is 12.9. The molecule has 17 heavy (non-hydrogen) atoms. The van der Waals surface area contributed by atoms with E-state index in [1.54, 1.807) is 24.3 Å². The SMILES string of the molecule is O=S=O.Oc1ccc(-c2ccc(O)cc2)cc1. The van der Waals surface area contributed by atoms with E-state index in [-0.39, 0.29) is 11.5 Å². The van der Waals surface area contributed by atoms with E-state index >= 15 is 0 Å². The first-order chi connectivity index (χ1) is 8.17. The van der Waals surface area contributed by atoms with Gasteiger partial charge in [-0.2, -0.15) is 8.42 Å². The van der Waals surface area contributed by atoms with Gasteiger partial charge in [-0.15, -0.1) is 0 Å². The van der Waals surface area contributed by atoms with Crippen LogP contribution < -0.4 is 0 Å². The molecule has 0 aliphatic carbocycles. The molecule has 2 N–H and O–H groups in total. The summed E-state index contributed by atoms with van der Waals surface area (Å²) in [7, 11) is 0. The number of rotatable bonds is 1. The summed E-state index contributed by atoms with van der Waals surface area (Å²) in [6.07, 6.45) is 0. The zero-order valence-corrected chi connectivity index (χ0v) is 9.55. The van der Waals surface area contributed by atoms with Crippen molar-refractivity contribution in [2.24, 2.45) is 0 Å². The van der Waals surface area contributed by atoms with Crippen molar-refractivity contribution in [3.05, 3.63) is 48.5 Å². The Morgan fingerprint density at radius 2 is 0.882 bits per heavy atom. The van der Waals surface area contributed by atoms with Gasteiger partial charge < -0.3 is 10.2 Å². The van der Waals surface area contributed by atoms with Crippen molar-refractivity contribution >= 4 is 11.6 Å². The van der Waals surface area contributed by atoms with Gasteiger partial charge in [-0.05, 0) is 35.4 Å². The Hall–Kier alpha value is -2.14. The van der Waals surface area contributed by atoms with Crippen LogP contribution in [0.4, 0.5) is 0 Å². The Balaban J connectivity index is 0.000000437. The second-order valence-corrected chi connectivity index (χ2v) is 3.30. The van der Waals surface area contributed by atoms with E-state index in [2.05, 4.69) is 0 Å². The molecule has 0 saturated carbocycles. The molecule has 0 bridgehead atoms. The molecule has 88 valence electrons. The van der Waals surface area contributed by atoms with Crippen molar-refractivity contribution in [2.75, 3.05) is 0 Å². The van der Waals surface area contributed by atoms with Crippen LogP contribution in [0.1, 0.15) is 0 Å². The fraction of sp³-hybridized carbons (Fsp3) is 0. The minimum absolute atomic E-state index is 0.257. The van der Waals surface area contributed by atoms with E-state index in [9.17, 15) is 0 Å². The summed E-state index contributed by atoms with van der Waals surface area (Å²) in [6, 6.07) is 13.9. The molecule has 0 aliphatic rings. The van der Waals surface area contributed by atoms with Crippen molar-refractivity contribution in [3.8, 4) is 22.6 Å². The van der Waals surface area contributed by atoms with Crippen LogP contribution in [0.15, 0.2) is 48.5 Å². The lowest BCUT2D eigenvalue weighted by Gasteiger charge is -2.01. The molecule has 2 aromatic rings. The summed E-state index contributed by atoms with van der Waals surface area (Å²) in [5, 5.41) is 18.2. The van der Waals surface area contributed by atoms with Crippen molar-refractivity contribution in [1.82, 2.24) is 0 Å². The molecule has 0 heterocycles. The third-order valence-electron chi connectivity index (χ3n) is 2.07. The van der Waals surface area contributed by atoms with Gasteiger partial charge in [0.1, 0.15) is 11.5 Å². The topological polar surface area (TPSA) is 74.6 Å². The van der Waals surface area contributed by atoms with Gasteiger partial charge in [0.15, 0.2) is 0 Å². The zero-order chi connectivity index (χ0) is 12.7. The summed E-state index contributed by atoms with van der Waals surface area (Å²) in [5.41, 5.74) is 2.03. The predicted molar refractivity (Wildman–Crippen MR) is 64.1 cm³/mol. The molecule has 2 rings (SSSR count). The van der Waals surface area contributed by atoms with Crippen molar-refractivity contribution in [1.29, 1.82) is 0 Å². The Bertz CT molecular complexity index is 456. The number of benzene rings is 2. The fourth-order valence-electron chi connectivity index (χ4n) is 1.31. The lowest BCUT2D eigenvalue weighted by Crippen LogP contribution is -1.75. The Morgan fingerprint density at radius 3 is 1.12 bits per heavy atom. The van der Waals surface area contributed by atoms with Crippen molar-refractivity contribution in [2.45, 2.75) is 0 Å². The van der Waals surface area contributed by atoms with Gasteiger partial charge in [0, 0.05) is 0 Å². The second-order valence-electron chi connectivity index (χ2n) is 3.16. The third-order valence-corrected chi connectivity index (χ3v) is 2.07. The lowest BCUT2D eigenvalue weighted by molar-refractivity contribution is 0.474. The summed E-state index contributed by atoms with van der Waals surface area (Å²) in [5.74, 6) is 0.514. The van der Waals surface area contributed by atoms with E-state index in [0.717, 1.165) is 11.1 Å². The van der Waals surface area contributed by atoms with Crippen LogP contribution in [0.5, 0.6) is 11.5 Å². The molecule has 0 spiro atoms. The molecule has 0 radical (unpaired) electrons. The van der Waals surface area contributed by atoms with Crippen molar-refractivity contribution < 1.29 is 18.6 Å². The van der Waals surface area contributed by atoms with Crippen LogP contribution in [0, 0.1) is 0 Å².